The number of hydrogen-bond acceptors (Lipinski definition) is 0. The second-order valence-electron chi connectivity index (χ2n) is 9.80. The molecule has 0 heterocycles. The summed E-state index contributed by atoms with van der Waals surface area (Å²) in [5.74, 6) is 0. The van der Waals surface area contributed by atoms with Gasteiger partial charge in [-0.05, 0) is 82.5 Å². The third-order valence-electron chi connectivity index (χ3n) is 7.62. The zero-order chi connectivity index (χ0) is 34.3. The van der Waals surface area contributed by atoms with E-state index in [0.29, 0.717) is 16.7 Å². The van der Waals surface area contributed by atoms with Crippen LogP contribution in [0.1, 0.15) is 12.3 Å². The molecule has 0 heteroatoms. The van der Waals surface area contributed by atoms with Gasteiger partial charge >= 0.3 is 0 Å². The number of hydrogen-bond donors (Lipinski definition) is 0. The molecule has 8 aromatic carbocycles. The summed E-state index contributed by atoms with van der Waals surface area (Å²) in [6.45, 7) is 0. The van der Waals surface area contributed by atoms with Crippen LogP contribution in [-0.4, -0.2) is 0 Å². The summed E-state index contributed by atoms with van der Waals surface area (Å²) < 4.78 is 79.3. The fourth-order valence-electron chi connectivity index (χ4n) is 5.87. The quantitative estimate of drug-likeness (QED) is 0.205. The molecule has 0 nitrogen and oxygen atoms in total. The van der Waals surface area contributed by atoms with E-state index in [1.165, 1.54) is 18.2 Å². The Hall–Kier alpha value is -5.20. The van der Waals surface area contributed by atoms with Gasteiger partial charge in [-0.1, -0.05) is 151 Å². The van der Waals surface area contributed by atoms with Crippen molar-refractivity contribution in [2.24, 2.45) is 0 Å². The van der Waals surface area contributed by atoms with E-state index in [1.807, 2.05) is 48.5 Å². The van der Waals surface area contributed by atoms with Crippen LogP contribution in [-0.2, 0) is 0 Å². The van der Waals surface area contributed by atoms with E-state index >= 15 is 0 Å². The Morgan fingerprint density at radius 3 is 1.88 bits per heavy atom. The Labute approximate surface area is 246 Å². The first kappa shape index (κ1) is 15.4. The van der Waals surface area contributed by atoms with E-state index < -0.39 is 12.1 Å². The summed E-state index contributed by atoms with van der Waals surface area (Å²) >= 11 is 0. The molecule has 0 atom stereocenters. The summed E-state index contributed by atoms with van der Waals surface area (Å²) in [5, 5.41) is 4.67. The summed E-state index contributed by atoms with van der Waals surface area (Å²) in [6, 6.07) is 29.8. The van der Waals surface area contributed by atoms with Gasteiger partial charge in [-0.3, -0.25) is 0 Å². The summed E-state index contributed by atoms with van der Waals surface area (Å²) in [5.41, 5.74) is 3.56. The first-order valence-corrected chi connectivity index (χ1v) is 13.1. The molecular weight excluding hydrogens is 480 g/mol. The van der Waals surface area contributed by atoms with Gasteiger partial charge in [0, 0.05) is 0 Å². The van der Waals surface area contributed by atoms with Crippen LogP contribution in [0.2, 0.25) is 0 Å². The van der Waals surface area contributed by atoms with Crippen molar-refractivity contribution in [3.05, 3.63) is 158 Å². The largest absolute Gasteiger partial charge is 0.0629 e. The van der Waals surface area contributed by atoms with Gasteiger partial charge in [0.05, 0.1) is 12.3 Å². The zero-order valence-corrected chi connectivity index (χ0v) is 21.3. The smallest absolute Gasteiger partial charge is 0.0622 e. The fraction of sp³-hybridized carbons (Fsp3) is 0. The van der Waals surface area contributed by atoms with Gasteiger partial charge < -0.3 is 0 Å². The lowest BCUT2D eigenvalue weighted by Crippen LogP contribution is -1.92. The van der Waals surface area contributed by atoms with E-state index in [2.05, 4.69) is 30.3 Å². The highest BCUT2D eigenvalue weighted by molar-refractivity contribution is 6.24. The molecule has 0 fully saturated rings. The van der Waals surface area contributed by atoms with Crippen LogP contribution in [0.15, 0.2) is 158 Å². The van der Waals surface area contributed by atoms with Gasteiger partial charge in [-0.15, -0.1) is 0 Å². The Balaban J connectivity index is 1.59. The summed E-state index contributed by atoms with van der Waals surface area (Å²) in [7, 11) is 0. The fourth-order valence-corrected chi connectivity index (χ4v) is 5.87. The minimum Gasteiger partial charge on any atom is -0.0622 e. The maximum atomic E-state index is 9.25. The van der Waals surface area contributed by atoms with E-state index in [1.54, 1.807) is 6.07 Å². The molecule has 0 spiro atoms. The van der Waals surface area contributed by atoms with Gasteiger partial charge in [-0.25, -0.2) is 0 Å². The number of rotatable bonds is 3. The van der Waals surface area contributed by atoms with Gasteiger partial charge in [0.25, 0.3) is 0 Å². The van der Waals surface area contributed by atoms with Gasteiger partial charge in [0.2, 0.25) is 0 Å². The predicted octanol–water partition coefficient (Wildman–Crippen LogP) is 11.3. The molecule has 0 aliphatic carbocycles. The molecule has 0 aliphatic rings. The van der Waals surface area contributed by atoms with Crippen LogP contribution in [0.3, 0.4) is 0 Å². The molecule has 0 radical (unpaired) electrons. The Bertz CT molecular complexity index is 2710. The van der Waals surface area contributed by atoms with Crippen molar-refractivity contribution < 1.29 is 12.3 Å². The SMILES string of the molecule is [2H]c1ccc(-c2c3c([2H])cc([2H])c([2H])c3c(-c3cccc4c(-c5ccc6ccccc6c5)cccc34)c3c([2H])c([2H])c([2H])c([2H])c23)cc1[2H]. The van der Waals surface area contributed by atoms with E-state index in [4.69, 9.17) is 9.60 Å². The minimum absolute atomic E-state index is 0.0189. The number of fused-ring (bicyclic) bond motifs is 4. The minimum atomic E-state index is -0.446. The van der Waals surface area contributed by atoms with Crippen LogP contribution in [0.4, 0.5) is 0 Å². The lowest BCUT2D eigenvalue weighted by molar-refractivity contribution is 1.65. The molecule has 0 aromatic heterocycles. The lowest BCUT2D eigenvalue weighted by atomic mass is 9.84. The second kappa shape index (κ2) is 9.22. The molecule has 0 unspecified atom stereocenters. The highest BCUT2D eigenvalue weighted by Gasteiger charge is 2.18. The Morgan fingerprint density at radius 2 is 1.05 bits per heavy atom. The van der Waals surface area contributed by atoms with Crippen molar-refractivity contribution >= 4 is 43.1 Å². The normalized spacial score (nSPS) is 14.7. The Morgan fingerprint density at radius 1 is 0.350 bits per heavy atom. The van der Waals surface area contributed by atoms with Gasteiger partial charge in [-0.2, -0.15) is 0 Å². The van der Waals surface area contributed by atoms with Crippen LogP contribution in [0.25, 0.3) is 76.5 Å². The topological polar surface area (TPSA) is 0 Å². The van der Waals surface area contributed by atoms with Gasteiger partial charge in [0.1, 0.15) is 0 Å². The van der Waals surface area contributed by atoms with E-state index in [0.717, 1.165) is 32.7 Å². The second-order valence-corrected chi connectivity index (χ2v) is 9.80. The van der Waals surface area contributed by atoms with Crippen molar-refractivity contribution in [1.29, 1.82) is 0 Å². The lowest BCUT2D eigenvalue weighted by Gasteiger charge is -2.19. The highest BCUT2D eigenvalue weighted by atomic mass is 14.2. The van der Waals surface area contributed by atoms with E-state index in [-0.39, 0.29) is 69.4 Å². The molecule has 40 heavy (non-hydrogen) atoms. The molecule has 8 rings (SSSR count). The average Bonchev–Trinajstić information content (AvgIpc) is 3.11. The predicted molar refractivity (Wildman–Crippen MR) is 173 cm³/mol. The zero-order valence-electron chi connectivity index (χ0n) is 30.3. The van der Waals surface area contributed by atoms with Crippen LogP contribution >= 0.6 is 0 Å². The summed E-state index contributed by atoms with van der Waals surface area (Å²) in [4.78, 5) is 0. The van der Waals surface area contributed by atoms with Crippen LogP contribution in [0, 0.1) is 0 Å². The maximum absolute atomic E-state index is 9.25. The molecular formula is C40H26. The van der Waals surface area contributed by atoms with Crippen LogP contribution < -0.4 is 0 Å². The monoisotopic (exact) mass is 515 g/mol. The van der Waals surface area contributed by atoms with Crippen molar-refractivity contribution in [3.8, 4) is 33.4 Å². The highest BCUT2D eigenvalue weighted by Crippen LogP contribution is 2.46. The van der Waals surface area contributed by atoms with Crippen LogP contribution in [0.5, 0.6) is 0 Å². The molecule has 0 saturated heterocycles. The van der Waals surface area contributed by atoms with Crippen molar-refractivity contribution in [2.75, 3.05) is 0 Å². The molecule has 186 valence electrons. The molecule has 0 bridgehead atoms. The molecule has 0 saturated carbocycles. The van der Waals surface area contributed by atoms with Crippen molar-refractivity contribution in [2.45, 2.75) is 0 Å². The standard InChI is InChI=1S/C40H26/c1-2-13-28(14-3-1)39-35-16-6-8-18-37(35)40(38-19-9-7-17-36(38)39)34-23-11-21-32-31(20-10-22-33(32)34)30-25-24-27-12-4-5-15-29(27)26-30/h1-26H/i1D,2D,6D,8D,9D,16D,17D,18D,19D. The molecule has 0 N–H and O–H groups in total. The van der Waals surface area contributed by atoms with Crippen molar-refractivity contribution in [3.63, 3.8) is 0 Å². The first-order valence-electron chi connectivity index (χ1n) is 17.6. The van der Waals surface area contributed by atoms with E-state index in [9.17, 15) is 2.74 Å². The maximum Gasteiger partial charge on any atom is 0.0629 e. The average molecular weight is 516 g/mol. The first-order chi connectivity index (χ1) is 23.6. The van der Waals surface area contributed by atoms with Gasteiger partial charge in [0.15, 0.2) is 0 Å². The third kappa shape index (κ3) is 3.54. The number of benzene rings is 8. The third-order valence-corrected chi connectivity index (χ3v) is 7.62. The molecule has 0 aliphatic heterocycles. The summed E-state index contributed by atoms with van der Waals surface area (Å²) in [6.07, 6.45) is 0. The molecule has 8 aromatic rings. The Kier molecular flexibility index (Phi) is 3.55. The molecule has 0 amide bonds. The van der Waals surface area contributed by atoms with Crippen molar-refractivity contribution in [1.82, 2.24) is 0 Å².